The first-order chi connectivity index (χ1) is 10.7. The van der Waals surface area contributed by atoms with E-state index in [4.69, 9.17) is 9.47 Å². The third-order valence-electron chi connectivity index (χ3n) is 4.01. The number of hydrogen-bond acceptors (Lipinski definition) is 4. The molecule has 1 aromatic heterocycles. The molecule has 1 aliphatic heterocycles. The van der Waals surface area contributed by atoms with Crippen LogP contribution in [0, 0.1) is 6.92 Å². The van der Waals surface area contributed by atoms with Gasteiger partial charge in [0.05, 0.1) is 19.8 Å². The summed E-state index contributed by atoms with van der Waals surface area (Å²) in [4.78, 5) is 14.4. The van der Waals surface area contributed by atoms with Crippen LogP contribution in [-0.2, 0) is 4.74 Å². The normalized spacial score (nSPS) is 17.0. The lowest BCUT2D eigenvalue weighted by Gasteiger charge is -2.26. The Morgan fingerprint density at radius 2 is 2.00 bits per heavy atom. The minimum absolute atomic E-state index is 0.0581. The maximum atomic E-state index is 12.6. The van der Waals surface area contributed by atoms with Gasteiger partial charge in [-0.1, -0.05) is 12.1 Å². The molecule has 22 heavy (non-hydrogen) atoms. The van der Waals surface area contributed by atoms with Gasteiger partial charge in [0.2, 0.25) is 0 Å². The van der Waals surface area contributed by atoms with E-state index >= 15 is 0 Å². The second-order valence-corrected chi connectivity index (χ2v) is 5.28. The van der Waals surface area contributed by atoms with Gasteiger partial charge in [0.1, 0.15) is 5.75 Å². The molecule has 0 fully saturated rings. The number of nitrogens with one attached hydrogen (secondary N) is 1. The quantitative estimate of drug-likeness (QED) is 0.916. The highest BCUT2D eigenvalue weighted by Gasteiger charge is 2.41. The zero-order valence-corrected chi connectivity index (χ0v) is 12.9. The lowest BCUT2D eigenvalue weighted by Crippen LogP contribution is -2.32. The standard InChI is InChI=1S/C16H19N3O3/c1-10-13-14(18-17-10)16(20)19(8-9-21-2)15(13)11-4-6-12(22-3)7-5-11/h4-7,15H,8-9H2,1-3H3,(H,17,18)/t15-/m1/s1. The Kier molecular flexibility index (Phi) is 3.85. The van der Waals surface area contributed by atoms with E-state index in [1.165, 1.54) is 0 Å². The van der Waals surface area contributed by atoms with Crippen LogP contribution in [0.2, 0.25) is 0 Å². The van der Waals surface area contributed by atoms with Crippen molar-refractivity contribution in [1.29, 1.82) is 0 Å². The topological polar surface area (TPSA) is 67.5 Å². The molecule has 0 saturated heterocycles. The first-order valence-corrected chi connectivity index (χ1v) is 7.16. The molecule has 2 aromatic rings. The second kappa shape index (κ2) is 5.81. The van der Waals surface area contributed by atoms with E-state index in [0.29, 0.717) is 18.8 Å². The predicted molar refractivity (Wildman–Crippen MR) is 81.1 cm³/mol. The highest BCUT2D eigenvalue weighted by molar-refractivity contribution is 5.98. The van der Waals surface area contributed by atoms with Crippen molar-refractivity contribution in [3.8, 4) is 5.75 Å². The van der Waals surface area contributed by atoms with Crippen LogP contribution >= 0.6 is 0 Å². The van der Waals surface area contributed by atoms with Crippen molar-refractivity contribution in [2.24, 2.45) is 0 Å². The number of rotatable bonds is 5. The molecule has 2 heterocycles. The van der Waals surface area contributed by atoms with Gasteiger partial charge in [-0.15, -0.1) is 0 Å². The average molecular weight is 301 g/mol. The molecule has 0 radical (unpaired) electrons. The van der Waals surface area contributed by atoms with Crippen molar-refractivity contribution in [2.75, 3.05) is 27.4 Å². The van der Waals surface area contributed by atoms with E-state index < -0.39 is 0 Å². The summed E-state index contributed by atoms with van der Waals surface area (Å²) in [5.74, 6) is 0.734. The monoisotopic (exact) mass is 301 g/mol. The fourth-order valence-corrected chi connectivity index (χ4v) is 2.90. The van der Waals surface area contributed by atoms with Gasteiger partial charge < -0.3 is 14.4 Å². The first-order valence-electron chi connectivity index (χ1n) is 7.16. The maximum Gasteiger partial charge on any atom is 0.275 e. The second-order valence-electron chi connectivity index (χ2n) is 5.28. The molecule has 6 heteroatoms. The van der Waals surface area contributed by atoms with Crippen molar-refractivity contribution in [2.45, 2.75) is 13.0 Å². The summed E-state index contributed by atoms with van der Waals surface area (Å²) in [6.45, 7) is 2.96. The highest BCUT2D eigenvalue weighted by Crippen LogP contribution is 2.39. The van der Waals surface area contributed by atoms with Gasteiger partial charge in [-0.05, 0) is 24.6 Å². The molecule has 1 amide bonds. The number of carbonyl (C=O) groups is 1. The van der Waals surface area contributed by atoms with Crippen LogP contribution in [0.4, 0.5) is 0 Å². The summed E-state index contributed by atoms with van der Waals surface area (Å²) in [5.41, 5.74) is 3.42. The maximum absolute atomic E-state index is 12.6. The van der Waals surface area contributed by atoms with Crippen molar-refractivity contribution in [1.82, 2.24) is 15.1 Å². The Labute approximate surface area is 129 Å². The molecular formula is C16H19N3O3. The summed E-state index contributed by atoms with van der Waals surface area (Å²) < 4.78 is 10.3. The van der Waals surface area contributed by atoms with E-state index in [9.17, 15) is 4.79 Å². The van der Waals surface area contributed by atoms with E-state index in [1.54, 1.807) is 14.2 Å². The van der Waals surface area contributed by atoms with Crippen molar-refractivity contribution in [3.05, 3.63) is 46.8 Å². The molecule has 1 N–H and O–H groups in total. The number of amides is 1. The fourth-order valence-electron chi connectivity index (χ4n) is 2.90. The number of carbonyl (C=O) groups excluding carboxylic acids is 1. The summed E-state index contributed by atoms with van der Waals surface area (Å²) in [7, 11) is 3.27. The zero-order valence-electron chi connectivity index (χ0n) is 12.9. The van der Waals surface area contributed by atoms with Gasteiger partial charge in [-0.25, -0.2) is 0 Å². The van der Waals surface area contributed by atoms with Gasteiger partial charge in [0, 0.05) is 24.9 Å². The third kappa shape index (κ3) is 2.25. The molecule has 0 unspecified atom stereocenters. The predicted octanol–water partition coefficient (Wildman–Crippen LogP) is 1.92. The number of H-pyrrole nitrogens is 1. The molecule has 116 valence electrons. The molecule has 0 aliphatic carbocycles. The summed E-state index contributed by atoms with van der Waals surface area (Å²) >= 11 is 0. The number of hydrogen-bond donors (Lipinski definition) is 1. The van der Waals surface area contributed by atoms with Crippen LogP contribution in [0.1, 0.15) is 33.4 Å². The molecule has 0 bridgehead atoms. The van der Waals surface area contributed by atoms with Gasteiger partial charge in [-0.3, -0.25) is 9.89 Å². The number of nitrogens with zero attached hydrogens (tertiary/aromatic N) is 2. The minimum Gasteiger partial charge on any atom is -0.497 e. The van der Waals surface area contributed by atoms with E-state index in [1.807, 2.05) is 36.1 Å². The molecule has 1 aromatic carbocycles. The van der Waals surface area contributed by atoms with E-state index in [2.05, 4.69) is 10.2 Å². The number of ether oxygens (including phenoxy) is 2. The summed E-state index contributed by atoms with van der Waals surface area (Å²) in [5, 5.41) is 7.08. The van der Waals surface area contributed by atoms with Crippen LogP contribution in [0.15, 0.2) is 24.3 Å². The Hall–Kier alpha value is -2.34. The number of aryl methyl sites for hydroxylation is 1. The molecule has 1 atom stereocenters. The summed E-state index contributed by atoms with van der Waals surface area (Å²) in [6.07, 6.45) is 0. The Morgan fingerprint density at radius 3 is 2.64 bits per heavy atom. The fraction of sp³-hybridized carbons (Fsp3) is 0.375. The van der Waals surface area contributed by atoms with Gasteiger partial charge in [0.15, 0.2) is 5.69 Å². The van der Waals surface area contributed by atoms with Gasteiger partial charge in [0.25, 0.3) is 5.91 Å². The lowest BCUT2D eigenvalue weighted by atomic mass is 9.99. The van der Waals surface area contributed by atoms with Crippen LogP contribution in [-0.4, -0.2) is 48.4 Å². The molecule has 3 rings (SSSR count). The Morgan fingerprint density at radius 1 is 1.27 bits per heavy atom. The van der Waals surface area contributed by atoms with Gasteiger partial charge >= 0.3 is 0 Å². The smallest absolute Gasteiger partial charge is 0.275 e. The third-order valence-corrected chi connectivity index (χ3v) is 4.01. The van der Waals surface area contributed by atoms with Crippen LogP contribution in [0.5, 0.6) is 5.75 Å². The van der Waals surface area contributed by atoms with Crippen molar-refractivity contribution < 1.29 is 14.3 Å². The molecule has 0 saturated carbocycles. The van der Waals surface area contributed by atoms with E-state index in [-0.39, 0.29) is 11.9 Å². The van der Waals surface area contributed by atoms with Crippen LogP contribution in [0.25, 0.3) is 0 Å². The van der Waals surface area contributed by atoms with Crippen LogP contribution in [0.3, 0.4) is 0 Å². The Balaban J connectivity index is 2.02. The number of aromatic nitrogens is 2. The lowest BCUT2D eigenvalue weighted by molar-refractivity contribution is 0.0677. The average Bonchev–Trinajstić information content (AvgIpc) is 3.05. The number of methoxy groups -OCH3 is 2. The van der Waals surface area contributed by atoms with E-state index in [0.717, 1.165) is 22.6 Å². The number of benzene rings is 1. The molecule has 1 aliphatic rings. The largest absolute Gasteiger partial charge is 0.497 e. The van der Waals surface area contributed by atoms with Crippen molar-refractivity contribution >= 4 is 5.91 Å². The number of fused-ring (bicyclic) bond motifs is 1. The van der Waals surface area contributed by atoms with Gasteiger partial charge in [-0.2, -0.15) is 5.10 Å². The van der Waals surface area contributed by atoms with Crippen molar-refractivity contribution in [3.63, 3.8) is 0 Å². The number of aromatic amines is 1. The summed E-state index contributed by atoms with van der Waals surface area (Å²) in [6, 6.07) is 7.64. The minimum atomic E-state index is -0.137. The molecule has 0 spiro atoms. The highest BCUT2D eigenvalue weighted by atomic mass is 16.5. The molecular weight excluding hydrogens is 282 g/mol. The Bertz CT molecular complexity index is 678. The van der Waals surface area contributed by atoms with Crippen LogP contribution < -0.4 is 4.74 Å². The molecule has 6 nitrogen and oxygen atoms in total. The first kappa shape index (κ1) is 14.6. The SMILES string of the molecule is COCCN1C(=O)c2n[nH]c(C)c2[C@H]1c1ccc(OC)cc1. The zero-order chi connectivity index (χ0) is 15.7.